The highest BCUT2D eigenvalue weighted by Gasteiger charge is 2.08. The number of hydrogen-bond acceptors (Lipinski definition) is 2. The molecular weight excluding hydrogens is 267 g/mol. The Bertz CT molecular complexity index is 569. The molecule has 1 amide bonds. The second-order valence-electron chi connectivity index (χ2n) is 4.96. The Morgan fingerprint density at radius 1 is 1.10 bits per heavy atom. The van der Waals surface area contributed by atoms with Crippen LogP contribution in [-0.4, -0.2) is 5.91 Å². The summed E-state index contributed by atoms with van der Waals surface area (Å²) in [5.74, 6) is -0.329. The number of halogens is 1. The Morgan fingerprint density at radius 2 is 1.76 bits per heavy atom. The highest BCUT2D eigenvalue weighted by Crippen LogP contribution is 2.14. The summed E-state index contributed by atoms with van der Waals surface area (Å²) in [6.07, 6.45) is 0.969. The first-order valence-corrected chi connectivity index (χ1v) is 6.97. The van der Waals surface area contributed by atoms with Gasteiger partial charge in [0.05, 0.1) is 0 Å². The molecule has 1 unspecified atom stereocenters. The second kappa shape index (κ2) is 7.55. The summed E-state index contributed by atoms with van der Waals surface area (Å²) in [5.41, 5.74) is 7.95. The molecule has 0 aliphatic heterocycles. The minimum atomic E-state index is -0.279. The Morgan fingerprint density at radius 3 is 2.43 bits per heavy atom. The lowest BCUT2D eigenvalue weighted by atomic mass is 10.0. The lowest BCUT2D eigenvalue weighted by molar-refractivity contribution is -0.121. The van der Waals surface area contributed by atoms with Gasteiger partial charge < -0.3 is 11.1 Å². The van der Waals surface area contributed by atoms with Crippen LogP contribution in [0, 0.1) is 5.82 Å². The van der Waals surface area contributed by atoms with E-state index in [0.717, 1.165) is 11.1 Å². The minimum absolute atomic E-state index is 0.0503. The van der Waals surface area contributed by atoms with Crippen LogP contribution in [-0.2, 0) is 11.3 Å². The average Bonchev–Trinajstić information content (AvgIpc) is 2.53. The number of nitrogens with one attached hydrogen (secondary N) is 1. The van der Waals surface area contributed by atoms with Crippen LogP contribution in [0.15, 0.2) is 54.6 Å². The number of amides is 1. The summed E-state index contributed by atoms with van der Waals surface area (Å²) in [4.78, 5) is 11.8. The third-order valence-electron chi connectivity index (χ3n) is 3.31. The molecule has 0 radical (unpaired) electrons. The molecule has 2 aromatic carbocycles. The summed E-state index contributed by atoms with van der Waals surface area (Å²) >= 11 is 0. The zero-order chi connectivity index (χ0) is 15.1. The van der Waals surface area contributed by atoms with E-state index in [0.29, 0.717) is 19.4 Å². The van der Waals surface area contributed by atoms with E-state index in [1.54, 1.807) is 12.1 Å². The third kappa shape index (κ3) is 5.00. The maximum absolute atomic E-state index is 12.8. The highest BCUT2D eigenvalue weighted by atomic mass is 19.1. The van der Waals surface area contributed by atoms with E-state index in [9.17, 15) is 9.18 Å². The van der Waals surface area contributed by atoms with Gasteiger partial charge in [-0.1, -0.05) is 42.5 Å². The lowest BCUT2D eigenvalue weighted by Crippen LogP contribution is -2.24. The summed E-state index contributed by atoms with van der Waals surface area (Å²) < 4.78 is 12.8. The van der Waals surface area contributed by atoms with E-state index in [1.807, 2.05) is 30.3 Å². The largest absolute Gasteiger partial charge is 0.352 e. The molecule has 4 heteroatoms. The topological polar surface area (TPSA) is 55.1 Å². The van der Waals surface area contributed by atoms with Crippen LogP contribution in [0.25, 0.3) is 0 Å². The molecule has 0 aliphatic rings. The molecule has 3 N–H and O–H groups in total. The number of benzene rings is 2. The van der Waals surface area contributed by atoms with E-state index in [-0.39, 0.29) is 17.8 Å². The molecule has 3 nitrogen and oxygen atoms in total. The monoisotopic (exact) mass is 286 g/mol. The van der Waals surface area contributed by atoms with Gasteiger partial charge in [0.25, 0.3) is 0 Å². The van der Waals surface area contributed by atoms with Crippen molar-refractivity contribution in [2.45, 2.75) is 25.4 Å². The third-order valence-corrected chi connectivity index (χ3v) is 3.31. The maximum Gasteiger partial charge on any atom is 0.220 e. The SMILES string of the molecule is NC(CCC(=O)NCc1ccc(F)cc1)c1ccccc1. The van der Waals surface area contributed by atoms with E-state index < -0.39 is 0 Å². The Balaban J connectivity index is 1.73. The fourth-order valence-electron chi connectivity index (χ4n) is 2.04. The Kier molecular flexibility index (Phi) is 5.46. The molecular formula is C17H19FN2O. The van der Waals surface area contributed by atoms with Gasteiger partial charge in [-0.05, 0) is 29.7 Å². The molecule has 2 aromatic rings. The second-order valence-corrected chi connectivity index (χ2v) is 4.96. The molecule has 110 valence electrons. The molecule has 21 heavy (non-hydrogen) atoms. The summed E-state index contributed by atoms with van der Waals surface area (Å²) in [6, 6.07) is 15.7. The van der Waals surface area contributed by atoms with E-state index in [4.69, 9.17) is 5.73 Å². The molecule has 0 saturated carbocycles. The van der Waals surface area contributed by atoms with Gasteiger partial charge in [0.1, 0.15) is 5.82 Å². The molecule has 0 bridgehead atoms. The van der Waals surface area contributed by atoms with Crippen molar-refractivity contribution >= 4 is 5.91 Å². The van der Waals surface area contributed by atoms with Gasteiger partial charge in [-0.3, -0.25) is 4.79 Å². The number of carbonyl (C=O) groups excluding carboxylic acids is 1. The van der Waals surface area contributed by atoms with Crippen LogP contribution in [0.5, 0.6) is 0 Å². The van der Waals surface area contributed by atoms with Gasteiger partial charge in [0.2, 0.25) is 5.91 Å². The first-order chi connectivity index (χ1) is 10.1. The summed E-state index contributed by atoms with van der Waals surface area (Å²) in [7, 11) is 0. The fourth-order valence-corrected chi connectivity index (χ4v) is 2.04. The lowest BCUT2D eigenvalue weighted by Gasteiger charge is -2.12. The maximum atomic E-state index is 12.8. The first kappa shape index (κ1) is 15.2. The van der Waals surface area contributed by atoms with E-state index >= 15 is 0 Å². The van der Waals surface area contributed by atoms with Gasteiger partial charge >= 0.3 is 0 Å². The van der Waals surface area contributed by atoms with Crippen molar-refractivity contribution in [2.24, 2.45) is 5.73 Å². The van der Waals surface area contributed by atoms with Crippen LogP contribution >= 0.6 is 0 Å². The predicted molar refractivity (Wildman–Crippen MR) is 80.9 cm³/mol. The van der Waals surface area contributed by atoms with E-state index in [1.165, 1.54) is 12.1 Å². The summed E-state index contributed by atoms with van der Waals surface area (Å²) in [5, 5.41) is 2.81. The van der Waals surface area contributed by atoms with Crippen LogP contribution in [0.2, 0.25) is 0 Å². The van der Waals surface area contributed by atoms with Gasteiger partial charge in [0, 0.05) is 19.0 Å². The van der Waals surface area contributed by atoms with Crippen molar-refractivity contribution in [1.29, 1.82) is 0 Å². The predicted octanol–water partition coefficient (Wildman–Crippen LogP) is 2.92. The van der Waals surface area contributed by atoms with Crippen molar-refractivity contribution in [3.63, 3.8) is 0 Å². The molecule has 0 fully saturated rings. The Hall–Kier alpha value is -2.20. The molecule has 0 aliphatic carbocycles. The summed E-state index contributed by atoms with van der Waals surface area (Å²) in [6.45, 7) is 0.402. The molecule has 2 rings (SSSR count). The minimum Gasteiger partial charge on any atom is -0.352 e. The number of nitrogens with two attached hydrogens (primary N) is 1. The highest BCUT2D eigenvalue weighted by molar-refractivity contribution is 5.75. The smallest absolute Gasteiger partial charge is 0.220 e. The van der Waals surface area contributed by atoms with Crippen molar-refractivity contribution in [2.75, 3.05) is 0 Å². The zero-order valence-electron chi connectivity index (χ0n) is 11.8. The van der Waals surface area contributed by atoms with Crippen molar-refractivity contribution in [3.05, 3.63) is 71.5 Å². The first-order valence-electron chi connectivity index (χ1n) is 6.97. The Labute approximate surface area is 124 Å². The quantitative estimate of drug-likeness (QED) is 0.858. The number of carbonyl (C=O) groups is 1. The number of rotatable bonds is 6. The molecule has 1 atom stereocenters. The number of hydrogen-bond donors (Lipinski definition) is 2. The fraction of sp³-hybridized carbons (Fsp3) is 0.235. The normalized spacial score (nSPS) is 11.9. The van der Waals surface area contributed by atoms with E-state index in [2.05, 4.69) is 5.32 Å². The van der Waals surface area contributed by atoms with Gasteiger partial charge in [-0.15, -0.1) is 0 Å². The van der Waals surface area contributed by atoms with Crippen LogP contribution in [0.4, 0.5) is 4.39 Å². The van der Waals surface area contributed by atoms with Gasteiger partial charge in [-0.2, -0.15) is 0 Å². The van der Waals surface area contributed by atoms with Crippen LogP contribution < -0.4 is 11.1 Å². The van der Waals surface area contributed by atoms with Crippen molar-refractivity contribution < 1.29 is 9.18 Å². The van der Waals surface area contributed by atoms with Crippen LogP contribution in [0.1, 0.15) is 30.0 Å². The molecule has 0 saturated heterocycles. The molecule has 0 spiro atoms. The van der Waals surface area contributed by atoms with Gasteiger partial charge in [0.15, 0.2) is 0 Å². The van der Waals surface area contributed by atoms with Crippen molar-refractivity contribution in [3.8, 4) is 0 Å². The molecule has 0 aromatic heterocycles. The van der Waals surface area contributed by atoms with Gasteiger partial charge in [-0.25, -0.2) is 4.39 Å². The molecule has 0 heterocycles. The average molecular weight is 286 g/mol. The van der Waals surface area contributed by atoms with Crippen LogP contribution in [0.3, 0.4) is 0 Å². The van der Waals surface area contributed by atoms with Crippen molar-refractivity contribution in [1.82, 2.24) is 5.32 Å². The zero-order valence-corrected chi connectivity index (χ0v) is 11.8. The standard InChI is InChI=1S/C17H19FN2O/c18-15-8-6-13(7-9-15)12-20-17(21)11-10-16(19)14-4-2-1-3-5-14/h1-9,16H,10-12,19H2,(H,20,21).